The van der Waals surface area contributed by atoms with Gasteiger partial charge in [0.25, 0.3) is 0 Å². The molecule has 0 atom stereocenters. The average Bonchev–Trinajstić information content (AvgIpc) is 2.17. The fraction of sp³-hybridized carbons (Fsp3) is 0.250. The number of nitrogens with zero attached hydrogens (tertiary/aromatic N) is 1. The molecule has 1 N–H and O–H groups in total. The number of benzene rings is 1. The van der Waals surface area contributed by atoms with Crippen molar-refractivity contribution < 1.29 is 5.11 Å². The second-order valence-corrected chi connectivity index (χ2v) is 4.75. The fourth-order valence-corrected chi connectivity index (χ4v) is 1.71. The van der Waals surface area contributed by atoms with Crippen LogP contribution in [-0.2, 0) is 5.60 Å². The van der Waals surface area contributed by atoms with Crippen LogP contribution in [0.5, 0.6) is 0 Å². The molecule has 80 valence electrons. The summed E-state index contributed by atoms with van der Waals surface area (Å²) in [5, 5.41) is 11.3. The summed E-state index contributed by atoms with van der Waals surface area (Å²) >= 11 is 5.89. The van der Waals surface area contributed by atoms with E-state index in [1.165, 1.54) is 0 Å². The molecule has 16 heavy (non-hydrogen) atoms. The highest BCUT2D eigenvalue weighted by molar-refractivity contribution is 6.39. The molecule has 2 aromatic rings. The van der Waals surface area contributed by atoms with E-state index < -0.39 is 5.60 Å². The van der Waals surface area contributed by atoms with Crippen LogP contribution in [0, 0.1) is 0 Å². The van der Waals surface area contributed by atoms with E-state index >= 15 is 0 Å². The Labute approximate surface area is 101 Å². The Hall–Kier alpha value is -1.06. The van der Waals surface area contributed by atoms with Gasteiger partial charge < -0.3 is 5.11 Å². The van der Waals surface area contributed by atoms with Crippen LogP contribution in [0.3, 0.4) is 0 Å². The van der Waals surface area contributed by atoms with Gasteiger partial charge in [-0.25, -0.2) is 4.98 Å². The number of aromatic nitrogens is 1. The van der Waals surface area contributed by atoms with Crippen LogP contribution < -0.4 is 5.46 Å². The lowest BCUT2D eigenvalue weighted by atomic mass is 9.89. The summed E-state index contributed by atoms with van der Waals surface area (Å²) in [6.07, 6.45) is 0. The number of hydrogen-bond acceptors (Lipinski definition) is 2. The van der Waals surface area contributed by atoms with Crippen molar-refractivity contribution in [2.75, 3.05) is 0 Å². The molecule has 0 fully saturated rings. The molecule has 0 saturated heterocycles. The lowest BCUT2D eigenvalue weighted by molar-refractivity contribution is 0.0743. The van der Waals surface area contributed by atoms with Crippen molar-refractivity contribution >= 4 is 35.8 Å². The van der Waals surface area contributed by atoms with Crippen LogP contribution in [0.4, 0.5) is 0 Å². The number of pyridine rings is 1. The Kier molecular flexibility index (Phi) is 2.68. The average molecular weight is 231 g/mol. The molecule has 1 heterocycles. The Bertz CT molecular complexity index is 548. The highest BCUT2D eigenvalue weighted by atomic mass is 35.5. The van der Waals surface area contributed by atoms with Crippen molar-refractivity contribution in [3.05, 3.63) is 35.0 Å². The minimum atomic E-state index is -0.998. The first-order valence-electron chi connectivity index (χ1n) is 4.96. The van der Waals surface area contributed by atoms with Crippen LogP contribution in [0.2, 0.25) is 5.02 Å². The first kappa shape index (κ1) is 11.4. The Balaban J connectivity index is 2.74. The van der Waals surface area contributed by atoms with Crippen molar-refractivity contribution in [1.82, 2.24) is 4.98 Å². The maximum atomic E-state index is 9.88. The van der Waals surface area contributed by atoms with Crippen LogP contribution in [0.1, 0.15) is 19.5 Å². The van der Waals surface area contributed by atoms with E-state index in [0.29, 0.717) is 16.2 Å². The van der Waals surface area contributed by atoms with Gasteiger partial charge in [-0.1, -0.05) is 17.1 Å². The molecule has 0 bridgehead atoms. The van der Waals surface area contributed by atoms with Gasteiger partial charge in [-0.15, -0.1) is 0 Å². The molecule has 0 aliphatic heterocycles. The van der Waals surface area contributed by atoms with Crippen molar-refractivity contribution in [2.24, 2.45) is 0 Å². The number of halogens is 1. The second-order valence-electron chi connectivity index (χ2n) is 4.32. The van der Waals surface area contributed by atoms with Crippen LogP contribution >= 0.6 is 11.6 Å². The van der Waals surface area contributed by atoms with Gasteiger partial charge in [-0.3, -0.25) is 0 Å². The highest BCUT2D eigenvalue weighted by Gasteiger charge is 2.18. The van der Waals surface area contributed by atoms with Crippen LogP contribution in [0.15, 0.2) is 24.3 Å². The van der Waals surface area contributed by atoms with Crippen LogP contribution in [0.25, 0.3) is 10.9 Å². The van der Waals surface area contributed by atoms with Gasteiger partial charge in [0, 0.05) is 5.02 Å². The smallest absolute Gasteiger partial charge is 0.114 e. The highest BCUT2D eigenvalue weighted by Crippen LogP contribution is 2.21. The Morgan fingerprint density at radius 2 is 2.00 bits per heavy atom. The molecule has 2 nitrogen and oxygen atoms in total. The number of fused-ring (bicyclic) bond motifs is 1. The van der Waals surface area contributed by atoms with Gasteiger partial charge >= 0.3 is 0 Å². The molecular formula is C12H11BClNO. The van der Waals surface area contributed by atoms with Crippen molar-refractivity contribution in [2.45, 2.75) is 19.4 Å². The summed E-state index contributed by atoms with van der Waals surface area (Å²) in [7, 11) is 5.91. The maximum absolute atomic E-state index is 9.88. The second kappa shape index (κ2) is 3.76. The predicted molar refractivity (Wildman–Crippen MR) is 67.4 cm³/mol. The summed E-state index contributed by atoms with van der Waals surface area (Å²) in [5.74, 6) is 0. The first-order chi connectivity index (χ1) is 7.38. The third-order valence-electron chi connectivity index (χ3n) is 2.43. The number of aliphatic hydroxyl groups is 1. The third-order valence-corrected chi connectivity index (χ3v) is 2.66. The van der Waals surface area contributed by atoms with E-state index in [9.17, 15) is 5.11 Å². The van der Waals surface area contributed by atoms with Gasteiger partial charge in [0.1, 0.15) is 13.4 Å². The molecule has 2 radical (unpaired) electrons. The molecule has 4 heteroatoms. The van der Waals surface area contributed by atoms with Gasteiger partial charge in [-0.2, -0.15) is 0 Å². The minimum Gasteiger partial charge on any atom is -0.384 e. The van der Waals surface area contributed by atoms with Gasteiger partial charge in [-0.05, 0) is 43.5 Å². The lowest BCUT2D eigenvalue weighted by Crippen LogP contribution is -2.21. The van der Waals surface area contributed by atoms with Crippen molar-refractivity contribution in [1.29, 1.82) is 0 Å². The van der Waals surface area contributed by atoms with Gasteiger partial charge in [0.2, 0.25) is 0 Å². The normalized spacial score (nSPS) is 12.0. The standard InChI is InChI=1S/C12H11BClNO/c1-12(2,16)11-6-9(13)8-5-7(14)3-4-10(8)15-11/h3-6,16H,1-2H3. The van der Waals surface area contributed by atoms with E-state index in [4.69, 9.17) is 19.4 Å². The largest absolute Gasteiger partial charge is 0.384 e. The zero-order valence-corrected chi connectivity index (χ0v) is 9.92. The lowest BCUT2D eigenvalue weighted by Gasteiger charge is -2.18. The monoisotopic (exact) mass is 231 g/mol. The molecular weight excluding hydrogens is 220 g/mol. The molecule has 1 aromatic carbocycles. The zero-order valence-electron chi connectivity index (χ0n) is 9.16. The van der Waals surface area contributed by atoms with E-state index in [-0.39, 0.29) is 0 Å². The van der Waals surface area contributed by atoms with Crippen molar-refractivity contribution in [3.63, 3.8) is 0 Å². The number of rotatable bonds is 1. The summed E-state index contributed by atoms with van der Waals surface area (Å²) in [4.78, 5) is 4.36. The van der Waals surface area contributed by atoms with E-state index in [1.807, 2.05) is 0 Å². The topological polar surface area (TPSA) is 33.1 Å². The molecule has 0 aliphatic carbocycles. The van der Waals surface area contributed by atoms with Crippen molar-refractivity contribution in [3.8, 4) is 0 Å². The first-order valence-corrected chi connectivity index (χ1v) is 5.34. The quantitative estimate of drug-likeness (QED) is 0.761. The summed E-state index contributed by atoms with van der Waals surface area (Å²) in [6, 6.07) is 7.00. The van der Waals surface area contributed by atoms with E-state index in [2.05, 4.69) is 4.98 Å². The molecule has 0 saturated carbocycles. The summed E-state index contributed by atoms with van der Waals surface area (Å²) in [6.45, 7) is 3.35. The fourth-order valence-electron chi connectivity index (χ4n) is 1.54. The Morgan fingerprint density at radius 1 is 1.31 bits per heavy atom. The minimum absolute atomic E-state index is 0.555. The summed E-state index contributed by atoms with van der Waals surface area (Å²) in [5.41, 5.74) is 0.869. The molecule has 0 aliphatic rings. The van der Waals surface area contributed by atoms with Crippen LogP contribution in [-0.4, -0.2) is 17.9 Å². The number of hydrogen-bond donors (Lipinski definition) is 1. The predicted octanol–water partition coefficient (Wildman–Crippen LogP) is 1.91. The van der Waals surface area contributed by atoms with E-state index in [1.54, 1.807) is 38.1 Å². The molecule has 0 unspecified atom stereocenters. The zero-order chi connectivity index (χ0) is 11.9. The molecule has 0 spiro atoms. The Morgan fingerprint density at radius 3 is 2.62 bits per heavy atom. The van der Waals surface area contributed by atoms with Gasteiger partial charge in [0.05, 0.1) is 11.2 Å². The van der Waals surface area contributed by atoms with Gasteiger partial charge in [0.15, 0.2) is 0 Å². The summed E-state index contributed by atoms with van der Waals surface area (Å²) < 4.78 is 0. The molecule has 2 rings (SSSR count). The molecule has 0 amide bonds. The van der Waals surface area contributed by atoms with E-state index in [0.717, 1.165) is 10.9 Å². The maximum Gasteiger partial charge on any atom is 0.114 e. The SMILES string of the molecule is [B]c1cc(C(C)(C)O)nc2ccc(Cl)cc12. The molecule has 1 aromatic heterocycles. The third kappa shape index (κ3) is 2.06.